The number of nitrogens with one attached hydrogen (secondary N) is 1. The summed E-state index contributed by atoms with van der Waals surface area (Å²) in [5.41, 5.74) is 0.151. The molecular formula is C14H9Cl3F2N5+. The van der Waals surface area contributed by atoms with Crippen molar-refractivity contribution in [3.05, 3.63) is 57.6 Å². The van der Waals surface area contributed by atoms with Gasteiger partial charge in [-0.1, -0.05) is 23.2 Å². The van der Waals surface area contributed by atoms with Crippen LogP contribution in [0, 0.1) is 0 Å². The quantitative estimate of drug-likeness (QED) is 0.538. The summed E-state index contributed by atoms with van der Waals surface area (Å²) in [6.07, 6.45) is 1.54. The third-order valence-electron chi connectivity index (χ3n) is 3.17. The second kappa shape index (κ2) is 6.96. The molecule has 5 nitrogen and oxygen atoms in total. The van der Waals surface area contributed by atoms with Crippen LogP contribution in [0.5, 0.6) is 0 Å². The molecule has 3 rings (SSSR count). The molecule has 10 heteroatoms. The number of aromatic amines is 1. The maximum absolute atomic E-state index is 13.2. The van der Waals surface area contributed by atoms with Crippen LogP contribution < -0.4 is 4.57 Å². The molecule has 0 aliphatic heterocycles. The second-order valence-corrected chi connectivity index (χ2v) is 5.93. The van der Waals surface area contributed by atoms with Crippen molar-refractivity contribution >= 4 is 34.8 Å². The Morgan fingerprint density at radius 3 is 2.33 bits per heavy atom. The van der Waals surface area contributed by atoms with Crippen LogP contribution >= 0.6 is 34.8 Å². The molecular weight excluding hydrogens is 383 g/mol. The van der Waals surface area contributed by atoms with Crippen LogP contribution in [-0.4, -0.2) is 19.9 Å². The molecule has 3 heterocycles. The number of pyridine rings is 1. The van der Waals surface area contributed by atoms with Crippen molar-refractivity contribution in [2.24, 2.45) is 0 Å². The van der Waals surface area contributed by atoms with E-state index >= 15 is 0 Å². The molecule has 0 amide bonds. The van der Waals surface area contributed by atoms with Gasteiger partial charge in [-0.3, -0.25) is 0 Å². The van der Waals surface area contributed by atoms with Gasteiger partial charge in [0.25, 0.3) is 5.82 Å². The van der Waals surface area contributed by atoms with Crippen LogP contribution in [-0.2, 0) is 6.54 Å². The predicted molar refractivity (Wildman–Crippen MR) is 85.3 cm³/mol. The molecule has 0 radical (unpaired) electrons. The summed E-state index contributed by atoms with van der Waals surface area (Å²) >= 11 is 17.6. The van der Waals surface area contributed by atoms with Crippen LogP contribution in [0.15, 0.2) is 30.7 Å². The fourth-order valence-corrected chi connectivity index (χ4v) is 2.57. The highest BCUT2D eigenvalue weighted by Gasteiger charge is 2.30. The average molecular weight is 392 g/mol. The molecule has 0 bridgehead atoms. The fraction of sp³-hybridized carbons (Fsp3) is 0.143. The minimum absolute atomic E-state index is 0.0805. The van der Waals surface area contributed by atoms with Crippen LogP contribution in [0.3, 0.4) is 0 Å². The maximum Gasteiger partial charge on any atom is 0.304 e. The van der Waals surface area contributed by atoms with Crippen LogP contribution in [0.1, 0.15) is 17.9 Å². The monoisotopic (exact) mass is 390 g/mol. The van der Waals surface area contributed by atoms with Crippen molar-refractivity contribution in [1.29, 1.82) is 0 Å². The van der Waals surface area contributed by atoms with E-state index < -0.39 is 12.1 Å². The van der Waals surface area contributed by atoms with E-state index in [4.69, 9.17) is 34.8 Å². The fourth-order valence-electron chi connectivity index (χ4n) is 2.09. The van der Waals surface area contributed by atoms with E-state index in [1.54, 1.807) is 12.1 Å². The minimum Gasteiger partial charge on any atom is -0.244 e. The van der Waals surface area contributed by atoms with Crippen LogP contribution in [0.2, 0.25) is 15.3 Å². The van der Waals surface area contributed by atoms with Crippen molar-refractivity contribution in [3.63, 3.8) is 0 Å². The van der Waals surface area contributed by atoms with Crippen LogP contribution in [0.25, 0.3) is 11.4 Å². The van der Waals surface area contributed by atoms with E-state index in [-0.39, 0.29) is 16.9 Å². The number of imidazole rings is 1. The van der Waals surface area contributed by atoms with E-state index in [0.717, 1.165) is 0 Å². The molecule has 0 aliphatic carbocycles. The Morgan fingerprint density at radius 2 is 1.75 bits per heavy atom. The SMILES string of the molecule is FC(F)c1[nH]c(-c2ccc(Cl)nc2)[n+](Cc2ncc(Cl)cn2)c1Cl. The Labute approximate surface area is 150 Å². The molecule has 0 aromatic carbocycles. The topological polar surface area (TPSA) is 58.3 Å². The lowest BCUT2D eigenvalue weighted by molar-refractivity contribution is -0.675. The Kier molecular flexibility index (Phi) is 4.93. The predicted octanol–water partition coefficient (Wildman–Crippen LogP) is 4.10. The number of aromatic nitrogens is 5. The number of hydrogen-bond donors (Lipinski definition) is 1. The maximum atomic E-state index is 13.2. The molecule has 124 valence electrons. The lowest BCUT2D eigenvalue weighted by Crippen LogP contribution is -2.37. The molecule has 24 heavy (non-hydrogen) atoms. The number of H-pyrrole nitrogens is 1. The molecule has 0 fully saturated rings. The number of alkyl halides is 2. The highest BCUT2D eigenvalue weighted by atomic mass is 35.5. The van der Waals surface area contributed by atoms with Crippen molar-refractivity contribution in [2.45, 2.75) is 13.0 Å². The Morgan fingerprint density at radius 1 is 1.04 bits per heavy atom. The molecule has 3 aromatic rings. The van der Waals surface area contributed by atoms with Crippen molar-refractivity contribution in [2.75, 3.05) is 0 Å². The zero-order chi connectivity index (χ0) is 17.3. The Balaban J connectivity index is 2.08. The van der Waals surface area contributed by atoms with Crippen LogP contribution in [0.4, 0.5) is 8.78 Å². The summed E-state index contributed by atoms with van der Waals surface area (Å²) in [4.78, 5) is 14.7. The first-order chi connectivity index (χ1) is 11.5. The van der Waals surface area contributed by atoms with Gasteiger partial charge in [-0.15, -0.1) is 0 Å². The smallest absolute Gasteiger partial charge is 0.244 e. The highest BCUT2D eigenvalue weighted by molar-refractivity contribution is 6.30. The van der Waals surface area contributed by atoms with E-state index in [1.807, 2.05) is 0 Å². The minimum atomic E-state index is -2.76. The first-order valence-electron chi connectivity index (χ1n) is 6.63. The van der Waals surface area contributed by atoms with Gasteiger partial charge in [-0.2, -0.15) is 0 Å². The van der Waals surface area contributed by atoms with E-state index in [9.17, 15) is 8.78 Å². The Hall–Kier alpha value is -1.83. The van der Waals surface area contributed by atoms with Crippen molar-refractivity contribution < 1.29 is 13.3 Å². The second-order valence-electron chi connectivity index (χ2n) is 4.75. The van der Waals surface area contributed by atoms with E-state index in [1.165, 1.54) is 23.2 Å². The van der Waals surface area contributed by atoms with Gasteiger partial charge < -0.3 is 0 Å². The van der Waals surface area contributed by atoms with Gasteiger partial charge in [-0.05, 0) is 23.7 Å². The summed E-state index contributed by atoms with van der Waals surface area (Å²) in [6.45, 7) is 0.0805. The Bertz CT molecular complexity index is 850. The molecule has 0 saturated heterocycles. The molecule has 0 spiro atoms. The summed E-state index contributed by atoms with van der Waals surface area (Å²) in [5, 5.41) is 0.533. The van der Waals surface area contributed by atoms with Gasteiger partial charge in [0.05, 0.1) is 10.6 Å². The molecule has 0 saturated carbocycles. The van der Waals surface area contributed by atoms with Gasteiger partial charge in [-0.25, -0.2) is 33.3 Å². The third-order valence-corrected chi connectivity index (χ3v) is 4.00. The van der Waals surface area contributed by atoms with E-state index in [0.29, 0.717) is 22.2 Å². The average Bonchev–Trinajstić information content (AvgIpc) is 2.88. The summed E-state index contributed by atoms with van der Waals surface area (Å²) in [5.74, 6) is 0.715. The molecule has 0 unspecified atom stereocenters. The normalized spacial score (nSPS) is 11.2. The van der Waals surface area contributed by atoms with Gasteiger partial charge in [0.1, 0.15) is 5.15 Å². The number of nitrogens with zero attached hydrogens (tertiary/aromatic N) is 4. The number of halogens is 5. The largest absolute Gasteiger partial charge is 0.304 e. The first kappa shape index (κ1) is 17.0. The molecule has 3 aromatic heterocycles. The first-order valence-corrected chi connectivity index (χ1v) is 7.77. The lowest BCUT2D eigenvalue weighted by Gasteiger charge is -2.02. The van der Waals surface area contributed by atoms with Crippen molar-refractivity contribution in [3.8, 4) is 11.4 Å². The summed E-state index contributed by atoms with van der Waals surface area (Å²) in [7, 11) is 0. The van der Waals surface area contributed by atoms with Gasteiger partial charge in [0, 0.05) is 18.6 Å². The highest BCUT2D eigenvalue weighted by Crippen LogP contribution is 2.27. The zero-order valence-corrected chi connectivity index (χ0v) is 14.1. The van der Waals surface area contributed by atoms with Gasteiger partial charge in [0.2, 0.25) is 10.8 Å². The molecule has 0 atom stereocenters. The van der Waals surface area contributed by atoms with Crippen molar-refractivity contribution in [1.82, 2.24) is 19.9 Å². The lowest BCUT2D eigenvalue weighted by atomic mass is 10.2. The van der Waals surface area contributed by atoms with Gasteiger partial charge in [0.15, 0.2) is 12.4 Å². The third kappa shape index (κ3) is 3.48. The van der Waals surface area contributed by atoms with Gasteiger partial charge >= 0.3 is 6.43 Å². The summed E-state index contributed by atoms with van der Waals surface area (Å²) < 4.78 is 27.8. The summed E-state index contributed by atoms with van der Waals surface area (Å²) in [6, 6.07) is 3.20. The number of rotatable bonds is 4. The zero-order valence-electron chi connectivity index (χ0n) is 11.8. The molecule has 0 aliphatic rings. The van der Waals surface area contributed by atoms with E-state index in [2.05, 4.69) is 19.9 Å². The standard InChI is InChI=1S/C14H8Cl3F2N5/c15-8-4-21-10(22-5-8)6-24-12(17)11(13(18)19)23-14(24)7-1-2-9(16)20-3-7/h1-5,13H,6H2/p+1. The number of hydrogen-bond acceptors (Lipinski definition) is 3. The molecule has 1 N–H and O–H groups in total.